The number of anilines is 4. The van der Waals surface area contributed by atoms with Crippen molar-refractivity contribution in [3.05, 3.63) is 168 Å². The Morgan fingerprint density at radius 3 is 0.963 bits per heavy atom. The normalized spacial score (nSPS) is 15.4. The molecular formula is C50H42N4. The van der Waals surface area contributed by atoms with Gasteiger partial charge in [-0.3, -0.25) is 0 Å². The summed E-state index contributed by atoms with van der Waals surface area (Å²) in [6, 6.07) is 54.2. The quantitative estimate of drug-likeness (QED) is 0.179. The van der Waals surface area contributed by atoms with Crippen LogP contribution >= 0.6 is 0 Å². The van der Waals surface area contributed by atoms with E-state index in [9.17, 15) is 0 Å². The van der Waals surface area contributed by atoms with E-state index in [0.29, 0.717) is 0 Å². The number of hydrogen-bond donors (Lipinski definition) is 0. The Labute approximate surface area is 316 Å². The van der Waals surface area contributed by atoms with Gasteiger partial charge in [0.1, 0.15) is 0 Å². The van der Waals surface area contributed by atoms with Crippen molar-refractivity contribution in [3.63, 3.8) is 0 Å². The van der Waals surface area contributed by atoms with Crippen LogP contribution in [0.15, 0.2) is 146 Å². The minimum absolute atomic E-state index is 0.230. The molecule has 9 aromatic rings. The van der Waals surface area contributed by atoms with E-state index in [4.69, 9.17) is 0 Å². The van der Waals surface area contributed by atoms with E-state index in [1.807, 2.05) is 0 Å². The standard InChI is InChI=1S/C50H42N4/c1-49(2)37-27-31(53-41-19-11-7-15-33(41)34-16-8-12-20-42(34)53)23-25-45(37)51(5)47-30-40-48(29-39(47)49)52(6)46-26-24-32(28-38(46)50(40,3)4)54-43-21-13-9-17-35(43)36-18-10-14-22-44(36)54/h7-30H,1-6H3. The van der Waals surface area contributed by atoms with Gasteiger partial charge in [0, 0.05) is 80.6 Å². The lowest BCUT2D eigenvalue weighted by atomic mass is 9.69. The van der Waals surface area contributed by atoms with Gasteiger partial charge in [-0.2, -0.15) is 0 Å². The van der Waals surface area contributed by atoms with Crippen LogP contribution in [0.25, 0.3) is 55.0 Å². The van der Waals surface area contributed by atoms with Crippen LogP contribution in [-0.4, -0.2) is 23.2 Å². The molecule has 11 rings (SSSR count). The summed E-state index contributed by atoms with van der Waals surface area (Å²) in [7, 11) is 4.49. The van der Waals surface area contributed by atoms with E-state index in [0.717, 1.165) is 0 Å². The van der Waals surface area contributed by atoms with Crippen molar-refractivity contribution in [2.75, 3.05) is 23.9 Å². The number of aromatic nitrogens is 2. The van der Waals surface area contributed by atoms with Crippen LogP contribution in [0.4, 0.5) is 22.7 Å². The maximum atomic E-state index is 2.49. The zero-order valence-corrected chi connectivity index (χ0v) is 31.6. The summed E-state index contributed by atoms with van der Waals surface area (Å²) >= 11 is 0. The highest BCUT2D eigenvalue weighted by Crippen LogP contribution is 2.56. The summed E-state index contributed by atoms with van der Waals surface area (Å²) in [6.07, 6.45) is 0. The van der Waals surface area contributed by atoms with E-state index >= 15 is 0 Å². The van der Waals surface area contributed by atoms with Gasteiger partial charge in [-0.15, -0.1) is 0 Å². The first-order valence-corrected chi connectivity index (χ1v) is 19.1. The number of benzene rings is 7. The smallest absolute Gasteiger partial charge is 0.0541 e. The lowest BCUT2D eigenvalue weighted by molar-refractivity contribution is 0.612. The second-order valence-corrected chi connectivity index (χ2v) is 16.4. The summed E-state index contributed by atoms with van der Waals surface area (Å²) < 4.78 is 4.87. The molecule has 0 saturated heterocycles. The van der Waals surface area contributed by atoms with Crippen LogP contribution in [0.1, 0.15) is 49.9 Å². The molecular weight excluding hydrogens is 657 g/mol. The SMILES string of the molecule is CN1c2ccc(-n3c4ccccc4c4ccccc43)cc2C(C)(C)c2cc3c(cc21)C(C)(C)c1cc(-n2c4ccccc4c4ccccc42)ccc1N3C. The maximum Gasteiger partial charge on any atom is 0.0541 e. The lowest BCUT2D eigenvalue weighted by Gasteiger charge is -2.45. The Morgan fingerprint density at radius 1 is 0.333 bits per heavy atom. The highest BCUT2D eigenvalue weighted by Gasteiger charge is 2.41. The van der Waals surface area contributed by atoms with Crippen molar-refractivity contribution >= 4 is 66.4 Å². The Balaban J connectivity index is 1.06. The predicted molar refractivity (Wildman–Crippen MR) is 228 cm³/mol. The third-order valence-corrected chi connectivity index (χ3v) is 12.9. The molecule has 4 nitrogen and oxygen atoms in total. The molecule has 2 aromatic heterocycles. The molecule has 54 heavy (non-hydrogen) atoms. The fourth-order valence-corrected chi connectivity index (χ4v) is 10.00. The van der Waals surface area contributed by atoms with Gasteiger partial charge < -0.3 is 18.9 Å². The number of fused-ring (bicyclic) bond motifs is 10. The summed E-state index contributed by atoms with van der Waals surface area (Å²) in [5, 5.41) is 5.14. The zero-order chi connectivity index (χ0) is 36.7. The topological polar surface area (TPSA) is 16.3 Å². The minimum atomic E-state index is -0.230. The minimum Gasteiger partial charge on any atom is -0.344 e. The summed E-state index contributed by atoms with van der Waals surface area (Å²) in [5.41, 5.74) is 17.3. The molecule has 0 radical (unpaired) electrons. The molecule has 0 saturated carbocycles. The molecule has 0 N–H and O–H groups in total. The molecule has 262 valence electrons. The first-order chi connectivity index (χ1) is 26.1. The van der Waals surface area contributed by atoms with Crippen LogP contribution < -0.4 is 9.80 Å². The third-order valence-electron chi connectivity index (χ3n) is 12.9. The monoisotopic (exact) mass is 698 g/mol. The molecule has 0 amide bonds. The molecule has 7 aromatic carbocycles. The first-order valence-electron chi connectivity index (χ1n) is 19.1. The summed E-state index contributed by atoms with van der Waals surface area (Å²) in [6.45, 7) is 9.61. The van der Waals surface area contributed by atoms with E-state index < -0.39 is 0 Å². The van der Waals surface area contributed by atoms with Crippen LogP contribution in [0, 0.1) is 0 Å². The lowest BCUT2D eigenvalue weighted by Crippen LogP contribution is -2.35. The molecule has 0 unspecified atom stereocenters. The van der Waals surface area contributed by atoms with E-state index in [-0.39, 0.29) is 10.8 Å². The van der Waals surface area contributed by atoms with Gasteiger partial charge in [-0.05, 0) is 95.1 Å². The molecule has 2 aliphatic heterocycles. The van der Waals surface area contributed by atoms with Crippen LogP contribution in [0.2, 0.25) is 0 Å². The molecule has 0 fully saturated rings. The fraction of sp³-hybridized carbons (Fsp3) is 0.160. The number of para-hydroxylation sites is 4. The highest BCUT2D eigenvalue weighted by atomic mass is 15.1. The molecule has 2 aliphatic rings. The first kappa shape index (κ1) is 31.3. The Hall–Kier alpha value is -6.26. The van der Waals surface area contributed by atoms with Crippen molar-refractivity contribution in [1.29, 1.82) is 0 Å². The summed E-state index contributed by atoms with van der Waals surface area (Å²) in [5.74, 6) is 0. The van der Waals surface area contributed by atoms with E-state index in [1.165, 1.54) is 100.0 Å². The van der Waals surface area contributed by atoms with Gasteiger partial charge in [0.15, 0.2) is 0 Å². The van der Waals surface area contributed by atoms with Crippen molar-refractivity contribution in [1.82, 2.24) is 9.13 Å². The second kappa shape index (κ2) is 10.7. The van der Waals surface area contributed by atoms with Gasteiger partial charge in [0.25, 0.3) is 0 Å². The van der Waals surface area contributed by atoms with Crippen molar-refractivity contribution < 1.29 is 0 Å². The molecule has 0 atom stereocenters. The summed E-state index contributed by atoms with van der Waals surface area (Å²) in [4.78, 5) is 4.85. The molecule has 4 heterocycles. The largest absolute Gasteiger partial charge is 0.344 e. The highest BCUT2D eigenvalue weighted by molar-refractivity contribution is 6.10. The molecule has 0 aliphatic carbocycles. The Kier molecular flexibility index (Phi) is 6.18. The van der Waals surface area contributed by atoms with E-state index in [1.54, 1.807) is 0 Å². The van der Waals surface area contributed by atoms with Crippen molar-refractivity contribution in [2.45, 2.75) is 38.5 Å². The molecule has 0 bridgehead atoms. The Bertz CT molecular complexity index is 2730. The third kappa shape index (κ3) is 3.98. The van der Waals surface area contributed by atoms with Gasteiger partial charge in [0.2, 0.25) is 0 Å². The average molecular weight is 699 g/mol. The Morgan fingerprint density at radius 2 is 0.630 bits per heavy atom. The number of hydrogen-bond acceptors (Lipinski definition) is 2. The van der Waals surface area contributed by atoms with Gasteiger partial charge in [-0.1, -0.05) is 100 Å². The average Bonchev–Trinajstić information content (AvgIpc) is 3.72. The zero-order valence-electron chi connectivity index (χ0n) is 31.6. The van der Waals surface area contributed by atoms with Crippen LogP contribution in [0.5, 0.6) is 0 Å². The number of rotatable bonds is 2. The van der Waals surface area contributed by atoms with Crippen LogP contribution in [0.3, 0.4) is 0 Å². The number of nitrogens with zero attached hydrogens (tertiary/aromatic N) is 4. The van der Waals surface area contributed by atoms with Crippen LogP contribution in [-0.2, 0) is 10.8 Å². The fourth-order valence-electron chi connectivity index (χ4n) is 10.00. The predicted octanol–water partition coefficient (Wildman–Crippen LogP) is 12.7. The van der Waals surface area contributed by atoms with Crippen molar-refractivity contribution in [2.24, 2.45) is 0 Å². The maximum absolute atomic E-state index is 2.49. The second-order valence-electron chi connectivity index (χ2n) is 16.4. The molecule has 4 heteroatoms. The van der Waals surface area contributed by atoms with Gasteiger partial charge >= 0.3 is 0 Å². The van der Waals surface area contributed by atoms with Gasteiger partial charge in [0.05, 0.1) is 22.1 Å². The molecule has 0 spiro atoms. The van der Waals surface area contributed by atoms with Gasteiger partial charge in [-0.25, -0.2) is 0 Å². The van der Waals surface area contributed by atoms with Crippen molar-refractivity contribution in [3.8, 4) is 11.4 Å². The van der Waals surface area contributed by atoms with E-state index in [2.05, 4.69) is 206 Å².